The van der Waals surface area contributed by atoms with Gasteiger partial charge >= 0.3 is 0 Å². The third kappa shape index (κ3) is 5.57. The minimum Gasteiger partial charge on any atom is -0.378 e. The molecule has 6 heteroatoms. The smallest absolute Gasteiger partial charge is 0.236 e. The second kappa shape index (κ2) is 8.87. The largest absolute Gasteiger partial charge is 0.378 e. The molecule has 1 rings (SSSR count). The van der Waals surface area contributed by atoms with Crippen LogP contribution in [0.15, 0.2) is 0 Å². The number of amides is 2. The van der Waals surface area contributed by atoms with Crippen LogP contribution in [0.25, 0.3) is 0 Å². The lowest BCUT2D eigenvalue weighted by molar-refractivity contribution is -0.135. The van der Waals surface area contributed by atoms with Crippen LogP contribution in [-0.4, -0.2) is 74.1 Å². The van der Waals surface area contributed by atoms with Gasteiger partial charge in [0.1, 0.15) is 0 Å². The van der Waals surface area contributed by atoms with E-state index in [1.807, 2.05) is 13.8 Å². The van der Waals surface area contributed by atoms with Crippen LogP contribution >= 0.6 is 0 Å². The molecule has 1 saturated heterocycles. The molecule has 0 saturated carbocycles. The molecule has 1 aliphatic rings. The van der Waals surface area contributed by atoms with Gasteiger partial charge in [-0.3, -0.25) is 9.59 Å². The Kier molecular flexibility index (Phi) is 7.43. The highest BCUT2D eigenvalue weighted by molar-refractivity contribution is 5.79. The minimum absolute atomic E-state index is 0.0820. The summed E-state index contributed by atoms with van der Waals surface area (Å²) in [6.07, 6.45) is 0.443. The SMILES string of the molecule is CCN(CC)C(=O)CCNCC(=O)N1CCOCC1. The molecule has 1 heterocycles. The van der Waals surface area contributed by atoms with Crippen LogP contribution in [0.2, 0.25) is 0 Å². The van der Waals surface area contributed by atoms with Gasteiger partial charge in [-0.1, -0.05) is 0 Å². The van der Waals surface area contributed by atoms with Crippen molar-refractivity contribution in [2.75, 3.05) is 52.5 Å². The first-order valence-electron chi connectivity index (χ1n) is 7.03. The van der Waals surface area contributed by atoms with Gasteiger partial charge in [-0.05, 0) is 13.8 Å². The summed E-state index contributed by atoms with van der Waals surface area (Å²) in [6.45, 7) is 8.82. The Morgan fingerprint density at radius 1 is 1.21 bits per heavy atom. The zero-order valence-electron chi connectivity index (χ0n) is 12.0. The number of ether oxygens (including phenoxy) is 1. The van der Waals surface area contributed by atoms with Gasteiger partial charge in [-0.15, -0.1) is 0 Å². The number of nitrogens with one attached hydrogen (secondary N) is 1. The van der Waals surface area contributed by atoms with Crippen LogP contribution in [0.3, 0.4) is 0 Å². The summed E-state index contributed by atoms with van der Waals surface area (Å²) in [5.41, 5.74) is 0. The van der Waals surface area contributed by atoms with Crippen molar-refractivity contribution in [3.8, 4) is 0 Å². The highest BCUT2D eigenvalue weighted by atomic mass is 16.5. The molecule has 1 aliphatic heterocycles. The van der Waals surface area contributed by atoms with E-state index in [-0.39, 0.29) is 11.8 Å². The first-order chi connectivity index (χ1) is 9.19. The van der Waals surface area contributed by atoms with E-state index in [1.165, 1.54) is 0 Å². The fourth-order valence-electron chi connectivity index (χ4n) is 2.05. The third-order valence-electron chi connectivity index (χ3n) is 3.27. The molecule has 0 atom stereocenters. The third-order valence-corrected chi connectivity index (χ3v) is 3.27. The van der Waals surface area contributed by atoms with E-state index in [4.69, 9.17) is 4.74 Å². The average molecular weight is 271 g/mol. The second-order valence-corrected chi connectivity index (χ2v) is 4.49. The quantitative estimate of drug-likeness (QED) is 0.645. The molecule has 0 aromatic heterocycles. The van der Waals surface area contributed by atoms with E-state index in [2.05, 4.69) is 5.32 Å². The molecule has 0 unspecified atom stereocenters. The zero-order valence-corrected chi connectivity index (χ0v) is 12.0. The lowest BCUT2D eigenvalue weighted by atomic mass is 10.3. The van der Waals surface area contributed by atoms with Crippen LogP contribution in [0.4, 0.5) is 0 Å². The number of morpholine rings is 1. The summed E-state index contributed by atoms with van der Waals surface area (Å²) in [5, 5.41) is 3.04. The number of nitrogens with zero attached hydrogens (tertiary/aromatic N) is 2. The van der Waals surface area contributed by atoms with Gasteiger partial charge in [0, 0.05) is 39.1 Å². The number of hydrogen-bond acceptors (Lipinski definition) is 4. The van der Waals surface area contributed by atoms with Crippen molar-refractivity contribution in [2.45, 2.75) is 20.3 Å². The molecule has 0 spiro atoms. The Morgan fingerprint density at radius 2 is 1.84 bits per heavy atom. The maximum Gasteiger partial charge on any atom is 0.236 e. The standard InChI is InChI=1S/C13H25N3O3/c1-3-15(4-2)12(17)5-6-14-11-13(18)16-7-9-19-10-8-16/h14H,3-11H2,1-2H3. The molecule has 6 nitrogen and oxygen atoms in total. The monoisotopic (exact) mass is 271 g/mol. The van der Waals surface area contributed by atoms with Gasteiger partial charge in [0.05, 0.1) is 19.8 Å². The topological polar surface area (TPSA) is 61.9 Å². The van der Waals surface area contributed by atoms with Crippen molar-refractivity contribution in [2.24, 2.45) is 0 Å². The van der Waals surface area contributed by atoms with Gasteiger partial charge in [-0.2, -0.15) is 0 Å². The zero-order chi connectivity index (χ0) is 14.1. The molecular formula is C13H25N3O3. The maximum absolute atomic E-state index is 11.8. The highest BCUT2D eigenvalue weighted by Crippen LogP contribution is 1.97. The van der Waals surface area contributed by atoms with Crippen LogP contribution in [-0.2, 0) is 14.3 Å². The first-order valence-corrected chi connectivity index (χ1v) is 7.03. The predicted molar refractivity (Wildman–Crippen MR) is 72.8 cm³/mol. The Labute approximate surface area is 115 Å². The van der Waals surface area contributed by atoms with Gasteiger partial charge in [0.15, 0.2) is 0 Å². The second-order valence-electron chi connectivity index (χ2n) is 4.49. The molecule has 1 fully saturated rings. The Bertz CT molecular complexity index is 287. The Morgan fingerprint density at radius 3 is 2.42 bits per heavy atom. The van der Waals surface area contributed by atoms with E-state index in [0.717, 1.165) is 13.1 Å². The van der Waals surface area contributed by atoms with Crippen molar-refractivity contribution in [1.29, 1.82) is 0 Å². The van der Waals surface area contributed by atoms with Crippen molar-refractivity contribution < 1.29 is 14.3 Å². The van der Waals surface area contributed by atoms with Crippen LogP contribution < -0.4 is 5.32 Å². The maximum atomic E-state index is 11.8. The molecule has 0 bridgehead atoms. The molecule has 110 valence electrons. The molecule has 0 aromatic rings. The minimum atomic E-state index is 0.0820. The highest BCUT2D eigenvalue weighted by Gasteiger charge is 2.16. The van der Waals surface area contributed by atoms with Gasteiger partial charge in [-0.25, -0.2) is 0 Å². The Balaban J connectivity index is 2.12. The summed E-state index contributed by atoms with van der Waals surface area (Å²) in [6, 6.07) is 0. The summed E-state index contributed by atoms with van der Waals surface area (Å²) in [5.74, 6) is 0.218. The van der Waals surface area contributed by atoms with Gasteiger partial charge in [0.2, 0.25) is 11.8 Å². The molecule has 2 amide bonds. The fraction of sp³-hybridized carbons (Fsp3) is 0.846. The molecule has 0 aromatic carbocycles. The fourth-order valence-corrected chi connectivity index (χ4v) is 2.05. The predicted octanol–water partition coefficient (Wildman–Crippen LogP) is -0.307. The lowest BCUT2D eigenvalue weighted by Gasteiger charge is -2.27. The summed E-state index contributed by atoms with van der Waals surface area (Å²) < 4.78 is 5.19. The van der Waals surface area contributed by atoms with Crippen molar-refractivity contribution in [3.05, 3.63) is 0 Å². The van der Waals surface area contributed by atoms with E-state index in [0.29, 0.717) is 45.8 Å². The van der Waals surface area contributed by atoms with Gasteiger partial charge < -0.3 is 19.9 Å². The van der Waals surface area contributed by atoms with Crippen LogP contribution in [0.5, 0.6) is 0 Å². The average Bonchev–Trinajstić information content (AvgIpc) is 2.45. The van der Waals surface area contributed by atoms with Crippen LogP contribution in [0, 0.1) is 0 Å². The molecule has 0 aliphatic carbocycles. The summed E-state index contributed by atoms with van der Waals surface area (Å²) in [7, 11) is 0. The first kappa shape index (κ1) is 15.9. The molecule has 0 radical (unpaired) electrons. The molecular weight excluding hydrogens is 246 g/mol. The summed E-state index contributed by atoms with van der Waals surface area (Å²) >= 11 is 0. The number of carbonyl (C=O) groups excluding carboxylic acids is 2. The number of carbonyl (C=O) groups is 2. The van der Waals surface area contributed by atoms with E-state index < -0.39 is 0 Å². The van der Waals surface area contributed by atoms with Crippen molar-refractivity contribution in [3.63, 3.8) is 0 Å². The lowest BCUT2D eigenvalue weighted by Crippen LogP contribution is -2.45. The number of rotatable bonds is 7. The molecule has 1 N–H and O–H groups in total. The van der Waals surface area contributed by atoms with E-state index in [9.17, 15) is 9.59 Å². The van der Waals surface area contributed by atoms with E-state index in [1.54, 1.807) is 9.80 Å². The molecule has 19 heavy (non-hydrogen) atoms. The van der Waals surface area contributed by atoms with Crippen LogP contribution in [0.1, 0.15) is 20.3 Å². The van der Waals surface area contributed by atoms with Crippen molar-refractivity contribution >= 4 is 11.8 Å². The van der Waals surface area contributed by atoms with Gasteiger partial charge in [0.25, 0.3) is 0 Å². The van der Waals surface area contributed by atoms with E-state index >= 15 is 0 Å². The van der Waals surface area contributed by atoms with Crippen molar-refractivity contribution in [1.82, 2.24) is 15.1 Å². The normalized spacial score (nSPS) is 15.4. The number of hydrogen-bond donors (Lipinski definition) is 1. The Hall–Kier alpha value is -1.14. The summed E-state index contributed by atoms with van der Waals surface area (Å²) in [4.78, 5) is 27.1.